The standard InChI is InChI=1S/2C9H13NO/c2*11-8-4-7-10-9-5-2-1-3-6-9/h2*1-3,5-6,10-11H,4,7-8H2. The van der Waals surface area contributed by atoms with E-state index in [1.165, 1.54) is 0 Å². The van der Waals surface area contributed by atoms with Crippen molar-refractivity contribution in [3.05, 3.63) is 60.7 Å². The van der Waals surface area contributed by atoms with Gasteiger partial charge < -0.3 is 20.8 Å². The molecule has 0 bridgehead atoms. The van der Waals surface area contributed by atoms with E-state index in [-0.39, 0.29) is 13.2 Å². The summed E-state index contributed by atoms with van der Waals surface area (Å²) in [6.07, 6.45) is 1.60. The molecule has 2 aromatic rings. The van der Waals surface area contributed by atoms with Crippen LogP contribution in [0.3, 0.4) is 0 Å². The Labute approximate surface area is 132 Å². The van der Waals surface area contributed by atoms with Crippen LogP contribution in [-0.2, 0) is 0 Å². The van der Waals surface area contributed by atoms with E-state index in [9.17, 15) is 0 Å². The molecule has 0 aliphatic rings. The monoisotopic (exact) mass is 302 g/mol. The summed E-state index contributed by atoms with van der Waals surface area (Å²) in [7, 11) is 0. The van der Waals surface area contributed by atoms with Gasteiger partial charge in [0.15, 0.2) is 0 Å². The highest BCUT2D eigenvalue weighted by atomic mass is 16.3. The number of benzene rings is 2. The summed E-state index contributed by atoms with van der Waals surface area (Å²) >= 11 is 0. The topological polar surface area (TPSA) is 64.5 Å². The van der Waals surface area contributed by atoms with Crippen molar-refractivity contribution in [1.29, 1.82) is 0 Å². The SMILES string of the molecule is OCCCNc1ccccc1.OCCCNc1ccccc1. The molecule has 4 heteroatoms. The van der Waals surface area contributed by atoms with Gasteiger partial charge >= 0.3 is 0 Å². The quantitative estimate of drug-likeness (QED) is 0.566. The average molecular weight is 302 g/mol. The summed E-state index contributed by atoms with van der Waals surface area (Å²) in [6, 6.07) is 20.0. The van der Waals surface area contributed by atoms with Crippen molar-refractivity contribution in [3.8, 4) is 0 Å². The number of nitrogens with one attached hydrogen (secondary N) is 2. The minimum absolute atomic E-state index is 0.250. The van der Waals surface area contributed by atoms with E-state index >= 15 is 0 Å². The predicted molar refractivity (Wildman–Crippen MR) is 93.3 cm³/mol. The first kappa shape index (κ1) is 18.0. The van der Waals surface area contributed by atoms with Crippen LogP contribution >= 0.6 is 0 Å². The molecule has 4 nitrogen and oxygen atoms in total. The van der Waals surface area contributed by atoms with E-state index in [2.05, 4.69) is 10.6 Å². The third kappa shape index (κ3) is 9.00. The van der Waals surface area contributed by atoms with E-state index in [1.54, 1.807) is 0 Å². The Kier molecular flexibility index (Phi) is 10.4. The maximum Gasteiger partial charge on any atom is 0.0447 e. The Hall–Kier alpha value is -2.04. The molecular weight excluding hydrogens is 276 g/mol. The molecule has 0 aliphatic heterocycles. The van der Waals surface area contributed by atoms with E-state index in [0.717, 1.165) is 37.3 Å². The molecule has 2 rings (SSSR count). The van der Waals surface area contributed by atoms with Gasteiger partial charge in [0.1, 0.15) is 0 Å². The van der Waals surface area contributed by atoms with Gasteiger partial charge in [0.2, 0.25) is 0 Å². The zero-order chi connectivity index (χ0) is 15.9. The molecule has 0 aliphatic carbocycles. The largest absolute Gasteiger partial charge is 0.396 e. The second-order valence-electron chi connectivity index (χ2n) is 4.74. The minimum atomic E-state index is 0.250. The molecular formula is C18H26N2O2. The highest BCUT2D eigenvalue weighted by Gasteiger charge is 1.87. The van der Waals surface area contributed by atoms with Crippen LogP contribution in [0.15, 0.2) is 60.7 Å². The molecule has 0 saturated heterocycles. The molecule has 0 aromatic heterocycles. The Morgan fingerprint density at radius 1 is 0.591 bits per heavy atom. The van der Waals surface area contributed by atoms with Crippen molar-refractivity contribution in [2.75, 3.05) is 36.9 Å². The molecule has 0 spiro atoms. The van der Waals surface area contributed by atoms with Crippen molar-refractivity contribution >= 4 is 11.4 Å². The lowest BCUT2D eigenvalue weighted by Gasteiger charge is -2.03. The lowest BCUT2D eigenvalue weighted by atomic mass is 10.3. The van der Waals surface area contributed by atoms with Crippen molar-refractivity contribution < 1.29 is 10.2 Å². The zero-order valence-corrected chi connectivity index (χ0v) is 12.9. The molecule has 0 fully saturated rings. The van der Waals surface area contributed by atoms with Gasteiger partial charge in [-0.2, -0.15) is 0 Å². The molecule has 0 atom stereocenters. The van der Waals surface area contributed by atoms with Gasteiger partial charge in [-0.3, -0.25) is 0 Å². The summed E-state index contributed by atoms with van der Waals surface area (Å²) in [5, 5.41) is 23.4. The van der Waals surface area contributed by atoms with Gasteiger partial charge in [0.05, 0.1) is 0 Å². The second kappa shape index (κ2) is 12.7. The van der Waals surface area contributed by atoms with Crippen molar-refractivity contribution in [1.82, 2.24) is 0 Å². The molecule has 120 valence electrons. The van der Waals surface area contributed by atoms with Gasteiger partial charge in [0, 0.05) is 37.7 Å². The zero-order valence-electron chi connectivity index (χ0n) is 12.9. The van der Waals surface area contributed by atoms with Crippen molar-refractivity contribution in [2.45, 2.75) is 12.8 Å². The smallest absolute Gasteiger partial charge is 0.0447 e. The van der Waals surface area contributed by atoms with Gasteiger partial charge in [-0.1, -0.05) is 36.4 Å². The Morgan fingerprint density at radius 2 is 0.955 bits per heavy atom. The van der Waals surface area contributed by atoms with Crippen LogP contribution in [0.5, 0.6) is 0 Å². The molecule has 0 saturated carbocycles. The number of rotatable bonds is 8. The molecule has 22 heavy (non-hydrogen) atoms. The lowest BCUT2D eigenvalue weighted by molar-refractivity contribution is 0.292. The first-order valence-corrected chi connectivity index (χ1v) is 7.66. The van der Waals surface area contributed by atoms with E-state index in [1.807, 2.05) is 60.7 Å². The highest BCUT2D eigenvalue weighted by Crippen LogP contribution is 2.04. The van der Waals surface area contributed by atoms with Crippen LogP contribution in [0.25, 0.3) is 0 Å². The molecule has 0 unspecified atom stereocenters. The number of aliphatic hydroxyl groups is 2. The van der Waals surface area contributed by atoms with Crippen LogP contribution in [-0.4, -0.2) is 36.5 Å². The average Bonchev–Trinajstić information content (AvgIpc) is 2.58. The maximum atomic E-state index is 8.50. The number of hydrogen-bond donors (Lipinski definition) is 4. The first-order valence-electron chi connectivity index (χ1n) is 7.66. The van der Waals surface area contributed by atoms with Crippen molar-refractivity contribution in [2.24, 2.45) is 0 Å². The van der Waals surface area contributed by atoms with E-state index in [0.29, 0.717) is 0 Å². The molecule has 4 N–H and O–H groups in total. The van der Waals surface area contributed by atoms with Crippen LogP contribution in [0.4, 0.5) is 11.4 Å². The third-order valence-corrected chi connectivity index (χ3v) is 2.88. The summed E-state index contributed by atoms with van der Waals surface area (Å²) in [6.45, 7) is 2.17. The predicted octanol–water partition coefficient (Wildman–Crippen LogP) is 2.96. The number of anilines is 2. The van der Waals surface area contributed by atoms with Gasteiger partial charge in [-0.25, -0.2) is 0 Å². The Morgan fingerprint density at radius 3 is 1.27 bits per heavy atom. The third-order valence-electron chi connectivity index (χ3n) is 2.88. The van der Waals surface area contributed by atoms with Crippen LogP contribution in [0.2, 0.25) is 0 Å². The molecule has 0 radical (unpaired) electrons. The summed E-state index contributed by atoms with van der Waals surface area (Å²) in [5.41, 5.74) is 2.22. The van der Waals surface area contributed by atoms with Gasteiger partial charge in [0.25, 0.3) is 0 Å². The fourth-order valence-electron chi connectivity index (χ4n) is 1.74. The van der Waals surface area contributed by atoms with E-state index < -0.39 is 0 Å². The molecule has 0 amide bonds. The Bertz CT molecular complexity index is 418. The number of para-hydroxylation sites is 2. The maximum absolute atomic E-state index is 8.50. The summed E-state index contributed by atoms with van der Waals surface area (Å²) < 4.78 is 0. The van der Waals surface area contributed by atoms with Crippen LogP contribution in [0, 0.1) is 0 Å². The Balaban J connectivity index is 0.000000220. The normalized spacial score (nSPS) is 9.55. The molecule has 0 heterocycles. The summed E-state index contributed by atoms with van der Waals surface area (Å²) in [4.78, 5) is 0. The fraction of sp³-hybridized carbons (Fsp3) is 0.333. The van der Waals surface area contributed by atoms with Crippen LogP contribution < -0.4 is 10.6 Å². The van der Waals surface area contributed by atoms with Crippen molar-refractivity contribution in [3.63, 3.8) is 0 Å². The molecule has 2 aromatic carbocycles. The number of hydrogen-bond acceptors (Lipinski definition) is 4. The first-order chi connectivity index (χ1) is 10.9. The summed E-state index contributed by atoms with van der Waals surface area (Å²) in [5.74, 6) is 0. The van der Waals surface area contributed by atoms with Crippen LogP contribution in [0.1, 0.15) is 12.8 Å². The lowest BCUT2D eigenvalue weighted by Crippen LogP contribution is -2.02. The second-order valence-corrected chi connectivity index (χ2v) is 4.74. The number of aliphatic hydroxyl groups excluding tert-OH is 2. The van der Waals surface area contributed by atoms with Gasteiger partial charge in [-0.05, 0) is 37.1 Å². The minimum Gasteiger partial charge on any atom is -0.396 e. The van der Waals surface area contributed by atoms with E-state index in [4.69, 9.17) is 10.2 Å². The van der Waals surface area contributed by atoms with Gasteiger partial charge in [-0.15, -0.1) is 0 Å². The fourth-order valence-corrected chi connectivity index (χ4v) is 1.74. The highest BCUT2D eigenvalue weighted by molar-refractivity contribution is 5.42.